The van der Waals surface area contributed by atoms with Gasteiger partial charge in [-0.15, -0.1) is 0 Å². The second kappa shape index (κ2) is 35.0. The van der Waals surface area contributed by atoms with Crippen LogP contribution in [0.5, 0.6) is 0 Å². The molecule has 0 aliphatic heterocycles. The fraction of sp³-hybridized carbons (Fsp3) is 0.500. The van der Waals surface area contributed by atoms with E-state index in [2.05, 4.69) is 34.9 Å². The Morgan fingerprint density at radius 1 is 1.80 bits per heavy atom. The summed E-state index contributed by atoms with van der Waals surface area (Å²) in [6, 6.07) is 0. The van der Waals surface area contributed by atoms with Gasteiger partial charge >= 0.3 is 19.5 Å². The van der Waals surface area contributed by atoms with E-state index in [-0.39, 0.29) is 9.76 Å². The normalized spacial score (nSPS) is 7.20. The zero-order valence-electron chi connectivity index (χ0n) is 6.48. The molecule has 0 atom stereocenters. The van der Waals surface area contributed by atoms with Gasteiger partial charge in [0.25, 0.3) is 0 Å². The number of rotatable bonds is 2. The van der Waals surface area contributed by atoms with Gasteiger partial charge in [-0.25, -0.2) is 0 Å². The van der Waals surface area contributed by atoms with Gasteiger partial charge in [0.15, 0.2) is 0 Å². The van der Waals surface area contributed by atoms with Crippen LogP contribution >= 0.6 is 0 Å². The molecule has 0 aromatic heterocycles. The molecule has 0 spiro atoms. The summed E-state index contributed by atoms with van der Waals surface area (Å²) in [4.78, 5) is 0. The topological polar surface area (TPSA) is 26.3 Å². The molecule has 0 amide bonds. The van der Waals surface area contributed by atoms with Gasteiger partial charge in [-0.2, -0.15) is 6.92 Å². The van der Waals surface area contributed by atoms with Crippen molar-refractivity contribution in [2.75, 3.05) is 6.61 Å². The Bertz CT molecular complexity index is 51.0. The van der Waals surface area contributed by atoms with Gasteiger partial charge in [0, 0.05) is 16.4 Å². The van der Waals surface area contributed by atoms with Crippen LogP contribution in [-0.4, -0.2) is 16.4 Å². The van der Waals surface area contributed by atoms with Crippen LogP contribution in [-0.2, 0) is 24.0 Å². The number of hydrogen-bond acceptors (Lipinski definition) is 2. The van der Waals surface area contributed by atoms with Crippen molar-refractivity contribution in [3.05, 3.63) is 19.2 Å². The van der Waals surface area contributed by atoms with Crippen LogP contribution in [0.4, 0.5) is 0 Å². The molecule has 0 heterocycles. The van der Waals surface area contributed by atoms with E-state index in [1.807, 2.05) is 6.92 Å². The van der Waals surface area contributed by atoms with Crippen molar-refractivity contribution in [2.24, 2.45) is 0 Å². The molecule has 2 nitrogen and oxygen atoms in total. The first-order chi connectivity index (χ1) is 4.83. The van der Waals surface area contributed by atoms with Gasteiger partial charge in [0.05, 0.1) is 0 Å². The second-order valence-electron chi connectivity index (χ2n) is 1.05. The summed E-state index contributed by atoms with van der Waals surface area (Å²) in [5.74, 6) is 0. The van der Waals surface area contributed by atoms with Crippen LogP contribution in [0.25, 0.3) is 0 Å². The number of hydrogen-bond donors (Lipinski definition) is 0. The van der Waals surface area contributed by atoms with E-state index in [4.69, 9.17) is 8.29 Å². The fourth-order valence-corrected chi connectivity index (χ4v) is 0.433. The molecule has 10 heavy (non-hydrogen) atoms. The molecule has 0 saturated carbocycles. The average Bonchev–Trinajstić information content (AvgIpc) is 1.96. The summed E-state index contributed by atoms with van der Waals surface area (Å²) in [5, 5.41) is 0. The van der Waals surface area contributed by atoms with Gasteiger partial charge in [-0.3, -0.25) is 6.58 Å². The van der Waals surface area contributed by atoms with E-state index in [9.17, 15) is 0 Å². The molecule has 0 aromatic carbocycles. The third-order valence-corrected chi connectivity index (χ3v) is 1.05. The standard InChI is InChI=1S/C3H9OSi.C3H5.Co.O/c1-3-4-5-2;1-3-2;;/h2-3,5H2,1H3;1H2,2H3;;/q2*-1;;. The summed E-state index contributed by atoms with van der Waals surface area (Å²) < 4.78 is 12.8. The van der Waals surface area contributed by atoms with Gasteiger partial charge in [0.2, 0.25) is 0 Å². The molecule has 0 unspecified atom stereocenters. The van der Waals surface area contributed by atoms with Crippen molar-refractivity contribution < 1.29 is 24.0 Å². The molecule has 0 aromatic rings. The van der Waals surface area contributed by atoms with Crippen molar-refractivity contribution >= 4 is 9.76 Å². The second-order valence-corrected chi connectivity index (χ2v) is 1.87. The van der Waals surface area contributed by atoms with Crippen LogP contribution in [0, 0.1) is 12.6 Å². The van der Waals surface area contributed by atoms with Gasteiger partial charge in [-0.1, -0.05) is 0 Å². The summed E-state index contributed by atoms with van der Waals surface area (Å²) in [6.07, 6.45) is 2.50. The molecule has 0 radical (unpaired) electrons. The Morgan fingerprint density at radius 3 is 2.10 bits per heavy atom. The van der Waals surface area contributed by atoms with Crippen LogP contribution < -0.4 is 0 Å². The molecular formula is C6H14CoO2Si-2. The molecule has 0 aliphatic carbocycles. The third-order valence-electron chi connectivity index (χ3n) is 0.348. The SMILES string of the molecule is C=[C-]C.[CH2-][SiH2]OCC.[O]=[Co]. The Morgan fingerprint density at radius 2 is 2.10 bits per heavy atom. The Balaban J connectivity index is -0.0000000847. The number of allylic oxidation sites excluding steroid dienone is 1. The maximum absolute atomic E-state index is 7.94. The Labute approximate surface area is 73.8 Å². The first kappa shape index (κ1) is 16.7. The molecule has 0 fully saturated rings. The van der Waals surface area contributed by atoms with Crippen molar-refractivity contribution in [1.29, 1.82) is 0 Å². The minimum atomic E-state index is -0.336. The summed E-state index contributed by atoms with van der Waals surface area (Å²) >= 11 is 2.31. The van der Waals surface area contributed by atoms with Crippen LogP contribution in [0.3, 0.4) is 0 Å². The van der Waals surface area contributed by atoms with Crippen LogP contribution in [0.2, 0.25) is 0 Å². The Kier molecular flexibility index (Phi) is 58.3. The summed E-state index contributed by atoms with van der Waals surface area (Å²) in [6.45, 7) is 11.4. The first-order valence-corrected chi connectivity index (χ1v) is 4.78. The van der Waals surface area contributed by atoms with Crippen molar-refractivity contribution in [3.8, 4) is 0 Å². The van der Waals surface area contributed by atoms with Gasteiger partial charge in [-0.05, 0) is 6.92 Å². The van der Waals surface area contributed by atoms with E-state index < -0.39 is 0 Å². The van der Waals surface area contributed by atoms with E-state index in [0.717, 1.165) is 6.61 Å². The molecule has 0 N–H and O–H groups in total. The molecule has 4 heteroatoms. The zero-order chi connectivity index (χ0) is 8.83. The monoisotopic (exact) mass is 205 g/mol. The molecule has 0 bridgehead atoms. The minimum absolute atomic E-state index is 0.336. The summed E-state index contributed by atoms with van der Waals surface area (Å²) in [7, 11) is -0.336. The van der Waals surface area contributed by atoms with Gasteiger partial charge in [0.1, 0.15) is 0 Å². The first-order valence-electron chi connectivity index (χ1n) is 2.77. The maximum atomic E-state index is 7.94. The van der Waals surface area contributed by atoms with E-state index in [1.54, 1.807) is 6.92 Å². The van der Waals surface area contributed by atoms with E-state index in [0.29, 0.717) is 0 Å². The van der Waals surface area contributed by atoms with Crippen molar-refractivity contribution in [2.45, 2.75) is 13.8 Å². The third kappa shape index (κ3) is 86.8. The fourth-order valence-electron chi connectivity index (χ4n) is 0.144. The van der Waals surface area contributed by atoms with Crippen molar-refractivity contribution in [3.63, 3.8) is 0 Å². The Hall–Kier alpha value is 0.223. The average molecular weight is 205 g/mol. The molecule has 0 rings (SSSR count). The summed E-state index contributed by atoms with van der Waals surface area (Å²) in [5.41, 5.74) is 0. The van der Waals surface area contributed by atoms with Gasteiger partial charge < -0.3 is 17.0 Å². The predicted molar refractivity (Wildman–Crippen MR) is 40.8 cm³/mol. The quantitative estimate of drug-likeness (QED) is 0.491. The van der Waals surface area contributed by atoms with E-state index >= 15 is 0 Å². The molecular weight excluding hydrogens is 191 g/mol. The molecule has 65 valence electrons. The van der Waals surface area contributed by atoms with Crippen LogP contribution in [0.1, 0.15) is 13.8 Å². The zero-order valence-corrected chi connectivity index (χ0v) is 8.93. The molecule has 0 aliphatic rings. The molecule has 0 saturated heterocycles. The van der Waals surface area contributed by atoms with E-state index in [1.165, 1.54) is 0 Å². The van der Waals surface area contributed by atoms with Crippen LogP contribution in [0.15, 0.2) is 6.58 Å². The predicted octanol–water partition coefficient (Wildman–Crippen LogP) is 0.772. The van der Waals surface area contributed by atoms with Crippen molar-refractivity contribution in [1.82, 2.24) is 0 Å².